The molecule has 3 rings (SSSR count). The lowest BCUT2D eigenvalue weighted by Crippen LogP contribution is -2.32. The molecular formula is C23H17Cl2N5O3S2. The molecule has 0 spiro atoms. The molecule has 178 valence electrons. The van der Waals surface area contributed by atoms with E-state index >= 15 is 0 Å². The van der Waals surface area contributed by atoms with Crippen LogP contribution in [0, 0.1) is 35.0 Å². The van der Waals surface area contributed by atoms with Crippen LogP contribution >= 0.6 is 34.5 Å². The largest absolute Gasteiger partial charge is 0.303 e. The molecule has 0 saturated carbocycles. The first-order valence-corrected chi connectivity index (χ1v) is 13.1. The highest BCUT2D eigenvalue weighted by Crippen LogP contribution is 2.32. The first kappa shape index (κ1) is 26.4. The summed E-state index contributed by atoms with van der Waals surface area (Å²) in [5.74, 6) is 1.91. The van der Waals surface area contributed by atoms with E-state index in [-0.39, 0.29) is 42.9 Å². The minimum atomic E-state index is -3.95. The second-order valence-electron chi connectivity index (χ2n) is 7.04. The molecule has 0 fully saturated rings. The van der Waals surface area contributed by atoms with Crippen LogP contribution in [0.4, 0.5) is 0 Å². The summed E-state index contributed by atoms with van der Waals surface area (Å²) in [7, 11) is -3.95. The van der Waals surface area contributed by atoms with Crippen molar-refractivity contribution in [3.63, 3.8) is 0 Å². The number of benzene rings is 2. The number of rotatable bonds is 8. The van der Waals surface area contributed by atoms with Crippen molar-refractivity contribution >= 4 is 60.7 Å². The molecule has 35 heavy (non-hydrogen) atoms. The van der Waals surface area contributed by atoms with Crippen LogP contribution in [-0.4, -0.2) is 36.3 Å². The summed E-state index contributed by atoms with van der Waals surface area (Å²) in [5, 5.41) is 18.3. The van der Waals surface area contributed by atoms with Gasteiger partial charge in [0, 0.05) is 31.5 Å². The zero-order chi connectivity index (χ0) is 25.6. The number of carbonyl (C=O) groups is 1. The van der Waals surface area contributed by atoms with Crippen molar-refractivity contribution in [1.29, 1.82) is 10.5 Å². The zero-order valence-electron chi connectivity index (χ0n) is 18.1. The van der Waals surface area contributed by atoms with E-state index in [9.17, 15) is 13.2 Å². The van der Waals surface area contributed by atoms with Gasteiger partial charge in [-0.15, -0.1) is 6.42 Å². The average Bonchev–Trinajstić information content (AvgIpc) is 3.19. The van der Waals surface area contributed by atoms with Crippen LogP contribution in [-0.2, 0) is 16.6 Å². The van der Waals surface area contributed by atoms with Gasteiger partial charge in [0.25, 0.3) is 5.91 Å². The first-order chi connectivity index (χ1) is 16.7. The molecule has 0 atom stereocenters. The number of carbonyl (C=O) groups excluding carboxylic acids is 1. The molecule has 1 amide bonds. The molecule has 0 unspecified atom stereocenters. The van der Waals surface area contributed by atoms with Crippen LogP contribution in [0.5, 0.6) is 0 Å². The van der Waals surface area contributed by atoms with Crippen LogP contribution in [0.2, 0.25) is 10.0 Å². The Balaban J connectivity index is 1.97. The zero-order valence-corrected chi connectivity index (χ0v) is 21.3. The van der Waals surface area contributed by atoms with E-state index in [1.807, 2.05) is 12.1 Å². The van der Waals surface area contributed by atoms with Crippen molar-refractivity contribution in [2.45, 2.75) is 24.3 Å². The molecule has 0 aliphatic rings. The number of amides is 1. The summed E-state index contributed by atoms with van der Waals surface area (Å²) in [4.78, 5) is 17.3. The van der Waals surface area contributed by atoms with E-state index in [0.717, 1.165) is 9.01 Å². The topological polar surface area (TPSA) is 119 Å². The molecule has 3 aromatic rings. The third-order valence-corrected chi connectivity index (χ3v) is 8.62. The molecule has 1 aromatic heterocycles. The van der Waals surface area contributed by atoms with Crippen molar-refractivity contribution in [3.05, 3.63) is 56.8 Å². The number of nitrogens with zero attached hydrogens (tertiary/aromatic N) is 5. The Morgan fingerprint density at radius 3 is 2.29 bits per heavy atom. The second kappa shape index (κ2) is 11.5. The maximum Gasteiger partial charge on any atom is 0.279 e. The van der Waals surface area contributed by atoms with E-state index in [0.29, 0.717) is 20.4 Å². The number of thiazole rings is 1. The van der Waals surface area contributed by atoms with Gasteiger partial charge in [0.05, 0.1) is 43.8 Å². The Morgan fingerprint density at radius 1 is 1.09 bits per heavy atom. The Bertz CT molecular complexity index is 1550. The third kappa shape index (κ3) is 5.74. The molecule has 8 nitrogen and oxygen atoms in total. The molecule has 0 radical (unpaired) electrons. The molecular weight excluding hydrogens is 529 g/mol. The van der Waals surface area contributed by atoms with Crippen LogP contribution in [0.1, 0.15) is 23.2 Å². The summed E-state index contributed by atoms with van der Waals surface area (Å²) in [6.45, 7) is 0.0407. The SMILES string of the molecule is C#CCn1c(=NC(=O)c2ccc(S(=O)(=O)N(CCC#N)CCC#N)cc2)sc2ccc(Cl)c(Cl)c21. The molecule has 12 heteroatoms. The number of aromatic nitrogens is 1. The Kier molecular flexibility index (Phi) is 8.69. The fraction of sp³-hybridized carbons (Fsp3) is 0.217. The van der Waals surface area contributed by atoms with E-state index in [4.69, 9.17) is 40.1 Å². The predicted octanol–water partition coefficient (Wildman–Crippen LogP) is 4.20. The van der Waals surface area contributed by atoms with Crippen LogP contribution < -0.4 is 4.80 Å². The van der Waals surface area contributed by atoms with Crippen molar-refractivity contribution in [2.75, 3.05) is 13.1 Å². The maximum atomic E-state index is 12.9. The molecule has 1 heterocycles. The summed E-state index contributed by atoms with van der Waals surface area (Å²) in [6.07, 6.45) is 5.46. The van der Waals surface area contributed by atoms with Gasteiger partial charge in [-0.2, -0.15) is 19.8 Å². The van der Waals surface area contributed by atoms with E-state index in [1.54, 1.807) is 16.7 Å². The Hall–Kier alpha value is -3.17. The van der Waals surface area contributed by atoms with Crippen LogP contribution in [0.3, 0.4) is 0 Å². The smallest absolute Gasteiger partial charge is 0.279 e. The number of terminal acetylenes is 1. The van der Waals surface area contributed by atoms with Gasteiger partial charge in [0.1, 0.15) is 0 Å². The van der Waals surface area contributed by atoms with Crippen LogP contribution in [0.25, 0.3) is 10.2 Å². The maximum absolute atomic E-state index is 12.9. The predicted molar refractivity (Wildman–Crippen MR) is 134 cm³/mol. The van der Waals surface area contributed by atoms with Gasteiger partial charge in [-0.05, 0) is 36.4 Å². The standard InChI is InChI=1S/C23H17Cl2N5O3S2/c1-2-13-30-21-19(10-9-18(24)20(21)25)34-23(30)28-22(31)16-5-7-17(8-6-16)35(32,33)29(14-3-11-26)15-4-12-27/h1,5-10H,3-4,13-15H2. The van der Waals surface area contributed by atoms with Crippen molar-refractivity contribution < 1.29 is 13.2 Å². The number of sulfonamides is 1. The van der Waals surface area contributed by atoms with Crippen molar-refractivity contribution in [3.8, 4) is 24.5 Å². The van der Waals surface area contributed by atoms with E-state index in [1.165, 1.54) is 35.6 Å². The second-order valence-corrected chi connectivity index (χ2v) is 10.8. The number of hydrogen-bond acceptors (Lipinski definition) is 6. The van der Waals surface area contributed by atoms with Gasteiger partial charge in [0.2, 0.25) is 10.0 Å². The van der Waals surface area contributed by atoms with Gasteiger partial charge in [0.15, 0.2) is 4.80 Å². The lowest BCUT2D eigenvalue weighted by molar-refractivity contribution is 0.0998. The molecule has 0 aliphatic heterocycles. The van der Waals surface area contributed by atoms with Gasteiger partial charge in [-0.3, -0.25) is 4.79 Å². The average molecular weight is 546 g/mol. The Morgan fingerprint density at radius 2 is 1.71 bits per heavy atom. The molecule has 0 aliphatic carbocycles. The minimum Gasteiger partial charge on any atom is -0.303 e. The van der Waals surface area contributed by atoms with Crippen molar-refractivity contribution in [1.82, 2.24) is 8.87 Å². The van der Waals surface area contributed by atoms with Gasteiger partial charge in [-0.1, -0.05) is 40.5 Å². The van der Waals surface area contributed by atoms with Gasteiger partial charge >= 0.3 is 0 Å². The summed E-state index contributed by atoms with van der Waals surface area (Å²) < 4.78 is 29.3. The lowest BCUT2D eigenvalue weighted by atomic mass is 10.2. The molecule has 0 N–H and O–H groups in total. The highest BCUT2D eigenvalue weighted by molar-refractivity contribution is 7.89. The quantitative estimate of drug-likeness (QED) is 0.393. The minimum absolute atomic E-state index is 0.0117. The van der Waals surface area contributed by atoms with Crippen LogP contribution in [0.15, 0.2) is 46.3 Å². The highest BCUT2D eigenvalue weighted by atomic mass is 35.5. The normalized spacial score (nSPS) is 11.8. The fourth-order valence-electron chi connectivity index (χ4n) is 3.20. The highest BCUT2D eigenvalue weighted by Gasteiger charge is 2.24. The third-order valence-electron chi connectivity index (χ3n) is 4.87. The first-order valence-electron chi connectivity index (χ1n) is 10.1. The van der Waals surface area contributed by atoms with Gasteiger partial charge < -0.3 is 4.57 Å². The number of halogens is 2. The molecule has 2 aromatic carbocycles. The summed E-state index contributed by atoms with van der Waals surface area (Å²) >= 11 is 13.7. The fourth-order valence-corrected chi connectivity index (χ4v) is 6.15. The monoisotopic (exact) mass is 545 g/mol. The lowest BCUT2D eigenvalue weighted by Gasteiger charge is -2.20. The summed E-state index contributed by atoms with van der Waals surface area (Å²) in [6, 6.07) is 12.5. The Labute approximate surface area is 216 Å². The van der Waals surface area contributed by atoms with Gasteiger partial charge in [-0.25, -0.2) is 8.42 Å². The van der Waals surface area contributed by atoms with E-state index in [2.05, 4.69) is 10.9 Å². The number of hydrogen-bond donors (Lipinski definition) is 0. The molecule has 0 bridgehead atoms. The van der Waals surface area contributed by atoms with Crippen molar-refractivity contribution in [2.24, 2.45) is 4.99 Å². The molecule has 0 saturated heterocycles. The summed E-state index contributed by atoms with van der Waals surface area (Å²) in [5.41, 5.74) is 0.739. The number of nitriles is 2. The number of fused-ring (bicyclic) bond motifs is 1. The van der Waals surface area contributed by atoms with E-state index < -0.39 is 15.9 Å².